The van der Waals surface area contributed by atoms with E-state index in [0.717, 1.165) is 65.0 Å². The van der Waals surface area contributed by atoms with Crippen LogP contribution in [0.4, 0.5) is 10.9 Å². The largest absolute Gasteiger partial charge is 0.333 e. The van der Waals surface area contributed by atoms with Gasteiger partial charge in [-0.2, -0.15) is 0 Å². The Morgan fingerprint density at radius 2 is 1.97 bits per heavy atom. The summed E-state index contributed by atoms with van der Waals surface area (Å²) in [5, 5.41) is 5.16. The topological polar surface area (TPSA) is 80.9 Å². The van der Waals surface area contributed by atoms with Gasteiger partial charge in [-0.15, -0.1) is 11.3 Å². The summed E-state index contributed by atoms with van der Waals surface area (Å²) in [6.45, 7) is 4.88. The standard InChI is InChI=1S/C23H27N7OS/c1-4-15-11-24-23(32-15)27-20-18-19(28(3)12-25-18)16-10-17(29(5-2)21(16)26-20)22(31)30(13-6-7-13)14-8-9-14/h10-14H,4-9H2,1-3H3,(H,24,26,27). The molecule has 4 aromatic heterocycles. The first kappa shape index (κ1) is 19.7. The van der Waals surface area contributed by atoms with E-state index in [4.69, 9.17) is 4.98 Å². The smallest absolute Gasteiger partial charge is 0.271 e. The van der Waals surface area contributed by atoms with Crippen molar-refractivity contribution >= 4 is 50.3 Å². The summed E-state index contributed by atoms with van der Waals surface area (Å²) >= 11 is 1.63. The van der Waals surface area contributed by atoms with E-state index in [1.54, 1.807) is 11.3 Å². The number of amides is 1. The number of rotatable bonds is 7. The molecular formula is C23H27N7OS. The number of hydrogen-bond donors (Lipinski definition) is 1. The molecule has 0 radical (unpaired) electrons. The molecule has 4 heterocycles. The number of nitrogens with one attached hydrogen (secondary N) is 1. The maximum Gasteiger partial charge on any atom is 0.271 e. The zero-order chi connectivity index (χ0) is 22.0. The monoisotopic (exact) mass is 449 g/mol. The van der Waals surface area contributed by atoms with Crippen LogP contribution in [0.2, 0.25) is 0 Å². The predicted molar refractivity (Wildman–Crippen MR) is 127 cm³/mol. The summed E-state index contributed by atoms with van der Waals surface area (Å²) in [5.41, 5.74) is 3.32. The van der Waals surface area contributed by atoms with Crippen molar-refractivity contribution < 1.29 is 4.79 Å². The van der Waals surface area contributed by atoms with E-state index in [1.165, 1.54) is 4.88 Å². The van der Waals surface area contributed by atoms with Crippen LogP contribution in [-0.4, -0.2) is 47.0 Å². The summed E-state index contributed by atoms with van der Waals surface area (Å²) in [7, 11) is 1.99. The minimum atomic E-state index is 0.146. The van der Waals surface area contributed by atoms with Crippen molar-refractivity contribution in [3.8, 4) is 0 Å². The number of fused-ring (bicyclic) bond motifs is 3. The molecule has 9 heteroatoms. The molecule has 0 atom stereocenters. The van der Waals surface area contributed by atoms with E-state index in [1.807, 2.05) is 30.2 Å². The van der Waals surface area contributed by atoms with Crippen molar-refractivity contribution in [3.63, 3.8) is 0 Å². The molecule has 8 nitrogen and oxygen atoms in total. The minimum Gasteiger partial charge on any atom is -0.333 e. The van der Waals surface area contributed by atoms with Gasteiger partial charge in [0, 0.05) is 42.1 Å². The Morgan fingerprint density at radius 3 is 2.59 bits per heavy atom. The van der Waals surface area contributed by atoms with E-state index in [0.29, 0.717) is 24.4 Å². The molecule has 166 valence electrons. The molecule has 0 bridgehead atoms. The third-order valence-electron chi connectivity index (χ3n) is 6.48. The lowest BCUT2D eigenvalue weighted by Gasteiger charge is -2.22. The van der Waals surface area contributed by atoms with Crippen LogP contribution in [0.25, 0.3) is 22.1 Å². The fourth-order valence-electron chi connectivity index (χ4n) is 4.60. The van der Waals surface area contributed by atoms with Crippen LogP contribution in [0.15, 0.2) is 18.6 Å². The number of aryl methyl sites for hydroxylation is 3. The predicted octanol–water partition coefficient (Wildman–Crippen LogP) is 4.47. The molecule has 4 aromatic rings. The van der Waals surface area contributed by atoms with Gasteiger partial charge in [0.1, 0.15) is 16.9 Å². The molecule has 0 unspecified atom stereocenters. The van der Waals surface area contributed by atoms with Crippen molar-refractivity contribution in [1.29, 1.82) is 0 Å². The SMILES string of the molecule is CCc1cnc(Nc2nc3c(cc(C(=O)N(C4CC4)C4CC4)n3CC)c3c2ncn3C)s1. The van der Waals surface area contributed by atoms with Crippen molar-refractivity contribution in [1.82, 2.24) is 29.0 Å². The zero-order valence-corrected chi connectivity index (χ0v) is 19.4. The van der Waals surface area contributed by atoms with E-state index in [-0.39, 0.29) is 5.91 Å². The van der Waals surface area contributed by atoms with Gasteiger partial charge < -0.3 is 19.4 Å². The molecule has 0 saturated heterocycles. The zero-order valence-electron chi connectivity index (χ0n) is 18.6. The highest BCUT2D eigenvalue weighted by Gasteiger charge is 2.43. The van der Waals surface area contributed by atoms with Gasteiger partial charge in [0.15, 0.2) is 10.9 Å². The second-order valence-corrected chi connectivity index (χ2v) is 9.92. The lowest BCUT2D eigenvalue weighted by Crippen LogP contribution is -2.36. The highest BCUT2D eigenvalue weighted by molar-refractivity contribution is 7.15. The molecule has 1 amide bonds. The first-order valence-electron chi connectivity index (χ1n) is 11.5. The summed E-state index contributed by atoms with van der Waals surface area (Å²) in [6.07, 6.45) is 9.16. The Hall–Kier alpha value is -2.94. The fourth-order valence-corrected chi connectivity index (χ4v) is 5.35. The second kappa shape index (κ2) is 7.30. The lowest BCUT2D eigenvalue weighted by molar-refractivity contribution is 0.0719. The van der Waals surface area contributed by atoms with Crippen molar-refractivity contribution in [2.24, 2.45) is 7.05 Å². The van der Waals surface area contributed by atoms with E-state index in [2.05, 4.69) is 38.6 Å². The quantitative estimate of drug-likeness (QED) is 0.450. The summed E-state index contributed by atoms with van der Waals surface area (Å²) < 4.78 is 4.07. The first-order valence-corrected chi connectivity index (χ1v) is 12.3. The number of carbonyl (C=O) groups is 1. The molecule has 2 saturated carbocycles. The highest BCUT2D eigenvalue weighted by atomic mass is 32.1. The Morgan fingerprint density at radius 1 is 1.22 bits per heavy atom. The van der Waals surface area contributed by atoms with Crippen LogP contribution in [0.5, 0.6) is 0 Å². The number of imidazole rings is 1. The van der Waals surface area contributed by atoms with E-state index < -0.39 is 0 Å². The summed E-state index contributed by atoms with van der Waals surface area (Å²) in [6, 6.07) is 2.86. The van der Waals surface area contributed by atoms with Crippen molar-refractivity contribution in [2.45, 2.75) is 64.6 Å². The molecule has 2 fully saturated rings. The Bertz CT molecular complexity index is 1330. The number of nitrogens with zero attached hydrogens (tertiary/aromatic N) is 6. The average molecular weight is 450 g/mol. The van der Waals surface area contributed by atoms with E-state index in [9.17, 15) is 4.79 Å². The van der Waals surface area contributed by atoms with Crippen LogP contribution in [0.1, 0.15) is 54.9 Å². The molecule has 0 aliphatic heterocycles. The highest BCUT2D eigenvalue weighted by Crippen LogP contribution is 2.39. The van der Waals surface area contributed by atoms with Crippen LogP contribution in [-0.2, 0) is 20.0 Å². The molecule has 0 aromatic carbocycles. The first-order chi connectivity index (χ1) is 15.6. The van der Waals surface area contributed by atoms with Gasteiger partial charge >= 0.3 is 0 Å². The van der Waals surface area contributed by atoms with Crippen molar-refractivity contribution in [3.05, 3.63) is 29.2 Å². The van der Waals surface area contributed by atoms with Gasteiger partial charge in [0.05, 0.1) is 11.8 Å². The Kier molecular flexibility index (Phi) is 4.50. The molecule has 32 heavy (non-hydrogen) atoms. The molecule has 2 aliphatic carbocycles. The second-order valence-electron chi connectivity index (χ2n) is 8.81. The Balaban J connectivity index is 1.51. The maximum absolute atomic E-state index is 13.7. The van der Waals surface area contributed by atoms with Crippen LogP contribution >= 0.6 is 11.3 Å². The number of aromatic nitrogens is 5. The molecular weight excluding hydrogens is 422 g/mol. The Labute approximate surface area is 190 Å². The molecule has 1 N–H and O–H groups in total. The minimum absolute atomic E-state index is 0.146. The lowest BCUT2D eigenvalue weighted by atomic mass is 10.2. The summed E-state index contributed by atoms with van der Waals surface area (Å²) in [5.74, 6) is 0.824. The van der Waals surface area contributed by atoms with Gasteiger partial charge in [0.25, 0.3) is 5.91 Å². The number of anilines is 2. The van der Waals surface area contributed by atoms with Crippen LogP contribution in [0.3, 0.4) is 0 Å². The molecule has 0 spiro atoms. The van der Waals surface area contributed by atoms with E-state index >= 15 is 0 Å². The number of carbonyl (C=O) groups excluding carboxylic acids is 1. The average Bonchev–Trinajstić information content (AvgIpc) is 3.69. The van der Waals surface area contributed by atoms with Gasteiger partial charge in [-0.1, -0.05) is 6.92 Å². The van der Waals surface area contributed by atoms with Gasteiger partial charge in [-0.05, 0) is 45.1 Å². The third kappa shape index (κ3) is 3.09. The van der Waals surface area contributed by atoms with Crippen LogP contribution < -0.4 is 5.32 Å². The summed E-state index contributed by atoms with van der Waals surface area (Å²) in [4.78, 5) is 31.1. The van der Waals surface area contributed by atoms with Crippen molar-refractivity contribution in [2.75, 3.05) is 5.32 Å². The van der Waals surface area contributed by atoms with Gasteiger partial charge in [-0.25, -0.2) is 15.0 Å². The third-order valence-corrected chi connectivity index (χ3v) is 7.54. The van der Waals surface area contributed by atoms with Crippen LogP contribution in [0, 0.1) is 0 Å². The molecule has 2 aliphatic rings. The normalized spacial score (nSPS) is 16.2. The fraction of sp³-hybridized carbons (Fsp3) is 0.478. The number of hydrogen-bond acceptors (Lipinski definition) is 6. The molecule has 6 rings (SSSR count). The number of thiazole rings is 1. The van der Waals surface area contributed by atoms with Gasteiger partial charge in [0.2, 0.25) is 0 Å². The van der Waals surface area contributed by atoms with Gasteiger partial charge in [-0.3, -0.25) is 4.79 Å². The number of pyridine rings is 1. The maximum atomic E-state index is 13.7.